The van der Waals surface area contributed by atoms with Crippen LogP contribution in [0.15, 0.2) is 55.5 Å². The number of fused-ring (bicyclic) bond motifs is 2. The van der Waals surface area contributed by atoms with Gasteiger partial charge in [0.2, 0.25) is 0 Å². The SMILES string of the molecule is C=Cn1cc2c(N3CCC(NC)CC3)ccc(C(=O)Nc3ccc4cc(C)cn4c3)c2n1. The third-order valence-electron chi connectivity index (χ3n) is 6.33. The lowest BCUT2D eigenvalue weighted by Crippen LogP contribution is -2.41. The number of aryl methyl sites for hydroxylation is 1. The molecule has 4 heterocycles. The fraction of sp³-hybridized carbons (Fsp3) is 0.280. The van der Waals surface area contributed by atoms with Gasteiger partial charge < -0.3 is 19.9 Å². The highest BCUT2D eigenvalue weighted by Crippen LogP contribution is 2.31. The van der Waals surface area contributed by atoms with E-state index in [2.05, 4.69) is 40.2 Å². The molecule has 0 unspecified atom stereocenters. The van der Waals surface area contributed by atoms with Crippen LogP contribution in [0.1, 0.15) is 28.8 Å². The molecule has 3 aromatic heterocycles. The molecular formula is C25H28N6O. The topological polar surface area (TPSA) is 66.6 Å². The Morgan fingerprint density at radius 3 is 2.72 bits per heavy atom. The highest BCUT2D eigenvalue weighted by atomic mass is 16.1. The normalized spacial score (nSPS) is 14.9. The summed E-state index contributed by atoms with van der Waals surface area (Å²) in [5, 5.41) is 12.0. The first-order chi connectivity index (χ1) is 15.6. The van der Waals surface area contributed by atoms with Crippen molar-refractivity contribution in [2.24, 2.45) is 0 Å². The van der Waals surface area contributed by atoms with Crippen molar-refractivity contribution >= 4 is 39.9 Å². The Kier molecular flexibility index (Phi) is 5.19. The first-order valence-corrected chi connectivity index (χ1v) is 11.0. The van der Waals surface area contributed by atoms with Crippen molar-refractivity contribution in [2.75, 3.05) is 30.4 Å². The predicted molar refractivity (Wildman–Crippen MR) is 131 cm³/mol. The number of amides is 1. The van der Waals surface area contributed by atoms with Gasteiger partial charge in [-0.05, 0) is 62.7 Å². The number of benzene rings is 1. The Morgan fingerprint density at radius 2 is 1.97 bits per heavy atom. The third-order valence-corrected chi connectivity index (χ3v) is 6.33. The molecule has 4 aromatic rings. The number of anilines is 2. The van der Waals surface area contributed by atoms with Crippen molar-refractivity contribution in [1.82, 2.24) is 19.5 Å². The number of rotatable bonds is 5. The fourth-order valence-electron chi connectivity index (χ4n) is 4.60. The molecule has 0 aliphatic carbocycles. The second-order valence-corrected chi connectivity index (χ2v) is 8.46. The maximum absolute atomic E-state index is 13.2. The van der Waals surface area contributed by atoms with E-state index in [0.29, 0.717) is 17.1 Å². The van der Waals surface area contributed by atoms with Gasteiger partial charge in [0.05, 0.1) is 11.3 Å². The monoisotopic (exact) mass is 428 g/mol. The summed E-state index contributed by atoms with van der Waals surface area (Å²) in [7, 11) is 2.02. The van der Waals surface area contributed by atoms with Crippen LogP contribution < -0.4 is 15.5 Å². The molecule has 0 bridgehead atoms. The summed E-state index contributed by atoms with van der Waals surface area (Å²) < 4.78 is 3.70. The second-order valence-electron chi connectivity index (χ2n) is 8.46. The standard InChI is InChI=1S/C25H28N6O/c1-4-31-16-22-23(29-11-9-18(26-3)10-12-29)8-7-21(24(22)28-31)25(32)27-19-5-6-20-13-17(2)14-30(20)15-19/h4-8,13-16,18,26H,1,9-12H2,2-3H3,(H,27,32). The van der Waals surface area contributed by atoms with Gasteiger partial charge in [0.15, 0.2) is 0 Å². The van der Waals surface area contributed by atoms with E-state index in [-0.39, 0.29) is 5.91 Å². The molecule has 0 radical (unpaired) electrons. The average Bonchev–Trinajstić information content (AvgIpc) is 3.40. The molecule has 1 aliphatic heterocycles. The molecule has 1 aromatic carbocycles. The highest BCUT2D eigenvalue weighted by Gasteiger charge is 2.23. The van der Waals surface area contributed by atoms with Crippen LogP contribution in [-0.2, 0) is 0 Å². The van der Waals surface area contributed by atoms with Crippen LogP contribution >= 0.6 is 0 Å². The van der Waals surface area contributed by atoms with Crippen LogP contribution in [0.4, 0.5) is 11.4 Å². The van der Waals surface area contributed by atoms with E-state index in [1.807, 2.05) is 54.3 Å². The van der Waals surface area contributed by atoms with Gasteiger partial charge >= 0.3 is 0 Å². The van der Waals surface area contributed by atoms with Crippen molar-refractivity contribution in [1.29, 1.82) is 0 Å². The van der Waals surface area contributed by atoms with Gasteiger partial charge in [-0.15, -0.1) is 0 Å². The van der Waals surface area contributed by atoms with Crippen LogP contribution in [-0.4, -0.2) is 46.3 Å². The smallest absolute Gasteiger partial charge is 0.257 e. The van der Waals surface area contributed by atoms with Crippen LogP contribution in [0.25, 0.3) is 22.6 Å². The molecule has 32 heavy (non-hydrogen) atoms. The molecule has 0 spiro atoms. The van der Waals surface area contributed by atoms with Gasteiger partial charge in [0.25, 0.3) is 5.91 Å². The van der Waals surface area contributed by atoms with Gasteiger partial charge in [-0.1, -0.05) is 6.58 Å². The summed E-state index contributed by atoms with van der Waals surface area (Å²) in [5.41, 5.74) is 5.38. The van der Waals surface area contributed by atoms with E-state index >= 15 is 0 Å². The van der Waals surface area contributed by atoms with E-state index in [4.69, 9.17) is 0 Å². The molecule has 1 aliphatic rings. The van der Waals surface area contributed by atoms with E-state index in [1.165, 1.54) is 5.56 Å². The Morgan fingerprint density at radius 1 is 1.16 bits per heavy atom. The summed E-state index contributed by atoms with van der Waals surface area (Å²) in [6.07, 6.45) is 9.77. The lowest BCUT2D eigenvalue weighted by molar-refractivity contribution is 0.102. The zero-order valence-electron chi connectivity index (χ0n) is 18.5. The summed E-state index contributed by atoms with van der Waals surface area (Å²) in [5.74, 6) is -0.173. The number of carbonyl (C=O) groups excluding carboxylic acids is 1. The number of pyridine rings is 1. The predicted octanol–water partition coefficient (Wildman–Crippen LogP) is 4.14. The maximum atomic E-state index is 13.2. The number of hydrogen-bond acceptors (Lipinski definition) is 4. The fourth-order valence-corrected chi connectivity index (χ4v) is 4.60. The molecule has 0 saturated carbocycles. The summed E-state index contributed by atoms with van der Waals surface area (Å²) in [4.78, 5) is 15.6. The lowest BCUT2D eigenvalue weighted by Gasteiger charge is -2.33. The van der Waals surface area contributed by atoms with Gasteiger partial charge in [-0.3, -0.25) is 4.79 Å². The molecule has 164 valence electrons. The Balaban J connectivity index is 1.47. The molecule has 1 amide bonds. The zero-order valence-corrected chi connectivity index (χ0v) is 18.5. The lowest BCUT2D eigenvalue weighted by atomic mass is 10.0. The van der Waals surface area contributed by atoms with Crippen LogP contribution in [0.3, 0.4) is 0 Å². The average molecular weight is 429 g/mol. The first-order valence-electron chi connectivity index (χ1n) is 11.0. The quantitative estimate of drug-likeness (QED) is 0.501. The van der Waals surface area contributed by atoms with E-state index in [1.54, 1.807) is 10.9 Å². The van der Waals surface area contributed by atoms with E-state index < -0.39 is 0 Å². The van der Waals surface area contributed by atoms with Gasteiger partial charge in [0, 0.05) is 60.5 Å². The number of piperidine rings is 1. The molecule has 1 saturated heterocycles. The molecule has 2 N–H and O–H groups in total. The molecule has 0 atom stereocenters. The van der Waals surface area contributed by atoms with Crippen molar-refractivity contribution < 1.29 is 4.79 Å². The van der Waals surface area contributed by atoms with Crippen molar-refractivity contribution in [3.05, 3.63) is 66.6 Å². The maximum Gasteiger partial charge on any atom is 0.257 e. The summed E-state index contributed by atoms with van der Waals surface area (Å²) in [6.45, 7) is 7.84. The molecule has 7 nitrogen and oxygen atoms in total. The Hall–Kier alpha value is -3.58. The Labute approximate surface area is 187 Å². The minimum atomic E-state index is -0.173. The van der Waals surface area contributed by atoms with Crippen LogP contribution in [0, 0.1) is 6.92 Å². The van der Waals surface area contributed by atoms with Crippen LogP contribution in [0.2, 0.25) is 0 Å². The van der Waals surface area contributed by atoms with Gasteiger partial charge in [-0.25, -0.2) is 4.68 Å². The second kappa shape index (κ2) is 8.16. The number of nitrogens with one attached hydrogen (secondary N) is 2. The molecule has 7 heteroatoms. The molecular weight excluding hydrogens is 400 g/mol. The molecule has 5 rings (SSSR count). The highest BCUT2D eigenvalue weighted by molar-refractivity contribution is 6.14. The van der Waals surface area contributed by atoms with E-state index in [0.717, 1.165) is 48.2 Å². The van der Waals surface area contributed by atoms with Crippen molar-refractivity contribution in [3.8, 4) is 0 Å². The minimum absolute atomic E-state index is 0.173. The number of aromatic nitrogens is 3. The number of carbonyl (C=O) groups is 1. The van der Waals surface area contributed by atoms with Gasteiger partial charge in [-0.2, -0.15) is 5.10 Å². The molecule has 1 fully saturated rings. The minimum Gasteiger partial charge on any atom is -0.371 e. The zero-order chi connectivity index (χ0) is 22.2. The third kappa shape index (κ3) is 3.65. The van der Waals surface area contributed by atoms with Crippen molar-refractivity contribution in [3.63, 3.8) is 0 Å². The summed E-state index contributed by atoms with van der Waals surface area (Å²) >= 11 is 0. The van der Waals surface area contributed by atoms with E-state index in [9.17, 15) is 4.79 Å². The Bertz CT molecular complexity index is 1310. The van der Waals surface area contributed by atoms with Crippen molar-refractivity contribution in [2.45, 2.75) is 25.8 Å². The first kappa shape index (κ1) is 20.3. The number of hydrogen-bond donors (Lipinski definition) is 2. The summed E-state index contributed by atoms with van der Waals surface area (Å²) in [6, 6.07) is 10.5. The largest absolute Gasteiger partial charge is 0.371 e. The van der Waals surface area contributed by atoms with Crippen LogP contribution in [0.5, 0.6) is 0 Å². The number of nitrogens with zero attached hydrogens (tertiary/aromatic N) is 4. The van der Waals surface area contributed by atoms with Gasteiger partial charge in [0.1, 0.15) is 5.52 Å².